The first-order chi connectivity index (χ1) is 12.7. The SMILES string of the molecule is O=C(NOC(=O)c1cccs1)c1cccc(-c2cn3ccccc3n2)c1. The maximum absolute atomic E-state index is 12.3. The molecule has 1 amide bonds. The molecule has 0 aliphatic carbocycles. The van der Waals surface area contributed by atoms with Gasteiger partial charge in [-0.2, -0.15) is 5.48 Å². The van der Waals surface area contributed by atoms with Crippen LogP contribution in [-0.2, 0) is 4.84 Å². The summed E-state index contributed by atoms with van der Waals surface area (Å²) in [6.45, 7) is 0. The van der Waals surface area contributed by atoms with Gasteiger partial charge in [-0.25, -0.2) is 9.78 Å². The van der Waals surface area contributed by atoms with Gasteiger partial charge in [0.1, 0.15) is 10.5 Å². The molecule has 0 bridgehead atoms. The van der Waals surface area contributed by atoms with Crippen LogP contribution in [0, 0.1) is 0 Å². The van der Waals surface area contributed by atoms with E-state index < -0.39 is 11.9 Å². The van der Waals surface area contributed by atoms with Crippen molar-refractivity contribution in [1.29, 1.82) is 0 Å². The molecule has 3 heterocycles. The fourth-order valence-corrected chi connectivity index (χ4v) is 3.09. The largest absolute Gasteiger partial charge is 0.372 e. The van der Waals surface area contributed by atoms with E-state index in [9.17, 15) is 9.59 Å². The first kappa shape index (κ1) is 16.0. The van der Waals surface area contributed by atoms with E-state index in [0.717, 1.165) is 16.9 Å². The van der Waals surface area contributed by atoms with Gasteiger partial charge in [-0.1, -0.05) is 24.3 Å². The van der Waals surface area contributed by atoms with Gasteiger partial charge in [-0.15, -0.1) is 11.3 Å². The number of nitrogens with zero attached hydrogens (tertiary/aromatic N) is 2. The number of pyridine rings is 1. The molecule has 4 aromatic rings. The van der Waals surface area contributed by atoms with Gasteiger partial charge >= 0.3 is 5.97 Å². The van der Waals surface area contributed by atoms with Crippen molar-refractivity contribution in [2.45, 2.75) is 0 Å². The summed E-state index contributed by atoms with van der Waals surface area (Å²) in [5.41, 5.74) is 4.93. The van der Waals surface area contributed by atoms with Gasteiger partial charge < -0.3 is 9.24 Å². The molecule has 1 aromatic carbocycles. The smallest absolute Gasteiger partial charge is 0.334 e. The Morgan fingerprint density at radius 2 is 2.00 bits per heavy atom. The number of hydrogen-bond acceptors (Lipinski definition) is 5. The Kier molecular flexibility index (Phi) is 4.20. The van der Waals surface area contributed by atoms with Crippen LogP contribution in [0.1, 0.15) is 20.0 Å². The molecular weight excluding hydrogens is 350 g/mol. The molecule has 4 rings (SSSR count). The average Bonchev–Trinajstić information content (AvgIpc) is 3.35. The van der Waals surface area contributed by atoms with E-state index in [1.54, 1.807) is 35.7 Å². The van der Waals surface area contributed by atoms with Crippen molar-refractivity contribution in [3.8, 4) is 11.3 Å². The van der Waals surface area contributed by atoms with E-state index in [2.05, 4.69) is 10.5 Å². The summed E-state index contributed by atoms with van der Waals surface area (Å²) in [5, 5.41) is 1.76. The van der Waals surface area contributed by atoms with Crippen LogP contribution < -0.4 is 5.48 Å². The highest BCUT2D eigenvalue weighted by Crippen LogP contribution is 2.20. The lowest BCUT2D eigenvalue weighted by Crippen LogP contribution is -2.26. The van der Waals surface area contributed by atoms with Crippen LogP contribution in [0.5, 0.6) is 0 Å². The number of amides is 1. The van der Waals surface area contributed by atoms with Crippen LogP contribution in [0.25, 0.3) is 16.9 Å². The van der Waals surface area contributed by atoms with Crippen molar-refractivity contribution in [3.05, 3.63) is 82.8 Å². The van der Waals surface area contributed by atoms with Gasteiger partial charge in [0.2, 0.25) is 0 Å². The predicted octanol–water partition coefficient (Wildman–Crippen LogP) is 3.56. The predicted molar refractivity (Wildman–Crippen MR) is 97.8 cm³/mol. The lowest BCUT2D eigenvalue weighted by Gasteiger charge is -2.05. The third kappa shape index (κ3) is 3.20. The number of hydrogen-bond donors (Lipinski definition) is 1. The molecule has 128 valence electrons. The van der Waals surface area contributed by atoms with Gasteiger partial charge in [0.15, 0.2) is 0 Å². The minimum Gasteiger partial charge on any atom is -0.334 e. The first-order valence-corrected chi connectivity index (χ1v) is 8.68. The summed E-state index contributed by atoms with van der Waals surface area (Å²) in [4.78, 5) is 33.9. The first-order valence-electron chi connectivity index (χ1n) is 7.80. The van der Waals surface area contributed by atoms with E-state index in [-0.39, 0.29) is 0 Å². The molecule has 26 heavy (non-hydrogen) atoms. The molecule has 0 aliphatic heterocycles. The Labute approximate surface area is 152 Å². The lowest BCUT2D eigenvalue weighted by atomic mass is 10.1. The maximum Gasteiger partial charge on any atom is 0.372 e. The molecular formula is C19H13N3O3S. The van der Waals surface area contributed by atoms with Gasteiger partial charge in [-0.05, 0) is 35.7 Å². The third-order valence-electron chi connectivity index (χ3n) is 3.74. The number of aromatic nitrogens is 2. The zero-order valence-electron chi connectivity index (χ0n) is 13.5. The molecule has 0 saturated carbocycles. The molecule has 0 spiro atoms. The number of thiophene rings is 1. The van der Waals surface area contributed by atoms with Crippen molar-refractivity contribution in [3.63, 3.8) is 0 Å². The molecule has 0 unspecified atom stereocenters. The topological polar surface area (TPSA) is 72.7 Å². The van der Waals surface area contributed by atoms with Gasteiger partial charge in [0.05, 0.1) is 5.69 Å². The van der Waals surface area contributed by atoms with Crippen LogP contribution in [0.4, 0.5) is 0 Å². The van der Waals surface area contributed by atoms with Crippen molar-refractivity contribution >= 4 is 28.9 Å². The molecule has 6 nitrogen and oxygen atoms in total. The summed E-state index contributed by atoms with van der Waals surface area (Å²) in [6, 6.07) is 16.1. The second-order valence-corrected chi connectivity index (χ2v) is 6.42. The van der Waals surface area contributed by atoms with Gasteiger partial charge in [0.25, 0.3) is 5.91 Å². The van der Waals surface area contributed by atoms with E-state index >= 15 is 0 Å². The van der Waals surface area contributed by atoms with Gasteiger partial charge in [0, 0.05) is 23.5 Å². The maximum atomic E-state index is 12.3. The Hall–Kier alpha value is -3.45. The number of fused-ring (bicyclic) bond motifs is 1. The van der Waals surface area contributed by atoms with E-state index in [0.29, 0.717) is 10.4 Å². The fourth-order valence-electron chi connectivity index (χ4n) is 2.49. The Morgan fingerprint density at radius 3 is 2.81 bits per heavy atom. The van der Waals surface area contributed by atoms with E-state index in [1.165, 1.54) is 11.3 Å². The molecule has 0 radical (unpaired) electrons. The summed E-state index contributed by atoms with van der Waals surface area (Å²) in [6.07, 6.45) is 3.80. The zero-order chi connectivity index (χ0) is 17.9. The van der Waals surface area contributed by atoms with Gasteiger partial charge in [-0.3, -0.25) is 4.79 Å². The molecule has 7 heteroatoms. The molecule has 0 atom stereocenters. The van der Waals surface area contributed by atoms with Crippen LogP contribution in [0.3, 0.4) is 0 Å². The number of hydroxylamine groups is 1. The Bertz CT molecular complexity index is 1050. The summed E-state index contributed by atoms with van der Waals surface area (Å²) >= 11 is 1.24. The molecule has 0 fully saturated rings. The zero-order valence-corrected chi connectivity index (χ0v) is 14.3. The number of rotatable bonds is 3. The Balaban J connectivity index is 1.51. The average molecular weight is 363 g/mol. The van der Waals surface area contributed by atoms with Crippen LogP contribution >= 0.6 is 11.3 Å². The molecule has 0 saturated heterocycles. The van der Waals surface area contributed by atoms with E-state index in [1.807, 2.05) is 41.1 Å². The van der Waals surface area contributed by atoms with Crippen molar-refractivity contribution < 1.29 is 14.4 Å². The minimum atomic E-state index is -0.593. The van der Waals surface area contributed by atoms with Crippen molar-refractivity contribution in [1.82, 2.24) is 14.9 Å². The monoisotopic (exact) mass is 363 g/mol. The highest BCUT2D eigenvalue weighted by molar-refractivity contribution is 7.11. The second kappa shape index (κ2) is 6.81. The number of imidazole rings is 1. The number of benzene rings is 1. The summed E-state index contributed by atoms with van der Waals surface area (Å²) in [7, 11) is 0. The quantitative estimate of drug-likeness (QED) is 0.565. The van der Waals surface area contributed by atoms with Crippen molar-refractivity contribution in [2.75, 3.05) is 0 Å². The highest BCUT2D eigenvalue weighted by Gasteiger charge is 2.13. The lowest BCUT2D eigenvalue weighted by molar-refractivity contribution is 0.0235. The highest BCUT2D eigenvalue weighted by atomic mass is 32.1. The van der Waals surface area contributed by atoms with Crippen LogP contribution in [-0.4, -0.2) is 21.3 Å². The molecule has 1 N–H and O–H groups in total. The molecule has 0 aliphatic rings. The Morgan fingerprint density at radius 1 is 1.08 bits per heavy atom. The minimum absolute atomic E-state index is 0.374. The number of carbonyl (C=O) groups excluding carboxylic acids is 2. The molecule has 3 aromatic heterocycles. The second-order valence-electron chi connectivity index (χ2n) is 5.47. The van der Waals surface area contributed by atoms with Crippen LogP contribution in [0.15, 0.2) is 72.4 Å². The fraction of sp³-hybridized carbons (Fsp3) is 0. The van der Waals surface area contributed by atoms with Crippen LogP contribution in [0.2, 0.25) is 0 Å². The third-order valence-corrected chi connectivity index (χ3v) is 4.59. The summed E-state index contributed by atoms with van der Waals surface area (Å²) in [5.74, 6) is -1.09. The number of carbonyl (C=O) groups is 2. The summed E-state index contributed by atoms with van der Waals surface area (Å²) < 4.78 is 1.91. The standard InChI is InChI=1S/C19H13N3O3S/c23-18(21-25-19(24)16-7-4-10-26-16)14-6-3-5-13(11-14)15-12-22-9-2-1-8-17(22)20-15/h1-12H,(H,21,23). The number of nitrogens with one attached hydrogen (secondary N) is 1. The normalized spacial score (nSPS) is 10.6. The van der Waals surface area contributed by atoms with E-state index in [4.69, 9.17) is 4.84 Å². The van der Waals surface area contributed by atoms with Crippen molar-refractivity contribution in [2.24, 2.45) is 0 Å².